The molecule has 7 rings (SSSR count). The second-order valence-electron chi connectivity index (χ2n) is 11.9. The van der Waals surface area contributed by atoms with Crippen LogP contribution in [0.15, 0.2) is 40.9 Å². The second-order valence-corrected chi connectivity index (χ2v) is 12.8. The van der Waals surface area contributed by atoms with Crippen molar-refractivity contribution in [2.75, 3.05) is 66.6 Å². The Labute approximate surface area is 236 Å². The predicted molar refractivity (Wildman–Crippen MR) is 161 cm³/mol. The predicted octanol–water partition coefficient (Wildman–Crippen LogP) is 6.04. The van der Waals surface area contributed by atoms with Crippen LogP contribution in [0.2, 0.25) is 0 Å². The van der Waals surface area contributed by atoms with Gasteiger partial charge in [0.05, 0.1) is 11.3 Å². The van der Waals surface area contributed by atoms with E-state index in [4.69, 9.17) is 9.40 Å². The van der Waals surface area contributed by atoms with Crippen molar-refractivity contribution < 1.29 is 4.42 Å². The molecule has 4 aliphatic rings. The van der Waals surface area contributed by atoms with E-state index in [9.17, 15) is 0 Å². The van der Waals surface area contributed by atoms with E-state index in [1.54, 1.807) is 11.9 Å². The molecule has 0 spiro atoms. The Balaban J connectivity index is 1.38. The zero-order chi connectivity index (χ0) is 26.8. The molecule has 8 nitrogen and oxygen atoms in total. The van der Waals surface area contributed by atoms with Crippen molar-refractivity contribution in [3.8, 4) is 22.9 Å². The van der Waals surface area contributed by atoms with Crippen LogP contribution in [0.4, 0.5) is 17.2 Å². The highest BCUT2D eigenvalue weighted by molar-refractivity contribution is 8.00. The van der Waals surface area contributed by atoms with Gasteiger partial charge in [0, 0.05) is 62.5 Å². The summed E-state index contributed by atoms with van der Waals surface area (Å²) in [6.07, 6.45) is 7.82. The van der Waals surface area contributed by atoms with Gasteiger partial charge in [0.25, 0.3) is 0 Å². The quantitative estimate of drug-likeness (QED) is 0.311. The van der Waals surface area contributed by atoms with Gasteiger partial charge in [-0.05, 0) is 80.8 Å². The molecule has 1 aromatic carbocycles. The van der Waals surface area contributed by atoms with Crippen molar-refractivity contribution in [3.63, 3.8) is 0 Å². The first-order valence-electron chi connectivity index (χ1n) is 14.5. The highest BCUT2D eigenvalue weighted by atomic mass is 32.2. The summed E-state index contributed by atoms with van der Waals surface area (Å²) in [4.78, 5) is 12.3. The molecule has 6 heterocycles. The van der Waals surface area contributed by atoms with Crippen LogP contribution < -0.4 is 14.5 Å². The topological polar surface area (TPSA) is 73.6 Å². The summed E-state index contributed by atoms with van der Waals surface area (Å²) in [6, 6.07) is 10.6. The lowest BCUT2D eigenvalue weighted by molar-refractivity contribution is 0.138. The van der Waals surface area contributed by atoms with Gasteiger partial charge in [-0.2, -0.15) is 0 Å². The summed E-state index contributed by atoms with van der Waals surface area (Å²) in [5, 5.41) is 9.02. The zero-order valence-electron chi connectivity index (χ0n) is 23.5. The van der Waals surface area contributed by atoms with Crippen molar-refractivity contribution >= 4 is 29.1 Å². The number of benzene rings is 1. The molecule has 2 fully saturated rings. The van der Waals surface area contributed by atoms with E-state index < -0.39 is 0 Å². The second kappa shape index (κ2) is 11.4. The van der Waals surface area contributed by atoms with Crippen molar-refractivity contribution in [1.82, 2.24) is 20.1 Å². The average Bonchev–Trinajstić information content (AvgIpc) is 3.43. The lowest BCUT2D eigenvalue weighted by Gasteiger charge is -2.43. The maximum Gasteiger partial charge on any atom is 0.250 e. The summed E-state index contributed by atoms with van der Waals surface area (Å²) in [7, 11) is 2.32. The zero-order valence-corrected chi connectivity index (χ0v) is 24.3. The number of nitrogens with one attached hydrogen (secondary N) is 1. The van der Waals surface area contributed by atoms with E-state index in [0.29, 0.717) is 23.1 Å². The lowest BCUT2D eigenvalue weighted by atomic mass is 9.79. The Morgan fingerprint density at radius 1 is 1.05 bits per heavy atom. The van der Waals surface area contributed by atoms with Crippen LogP contribution in [0.5, 0.6) is 0 Å². The summed E-state index contributed by atoms with van der Waals surface area (Å²) in [5.41, 5.74) is 4.51. The molecule has 3 aromatic rings. The maximum atomic E-state index is 6.35. The number of piperidine rings is 2. The monoisotopic (exact) mass is 547 g/mol. The number of hydrogen-bond acceptors (Lipinski definition) is 9. The molecule has 0 aliphatic carbocycles. The van der Waals surface area contributed by atoms with Crippen molar-refractivity contribution in [1.29, 1.82) is 0 Å². The SMILES string of the molecule is CCCSNc1ccc2c(c1)N1CCC(C)(CC1)CN(C)CC1CCCN(C1)c1cc(ccn1)-c1nnc-2o1. The Morgan fingerprint density at radius 2 is 1.90 bits per heavy atom. The standard InChI is InChI=1S/C30H41N7OS/c1-4-16-39-34-24-7-8-25-26(18-24)36-14-10-30(2,11-15-36)21-35(3)19-22-6-5-13-37(20-22)27-17-23(9-12-31-27)28-32-33-29(25)38-28/h7-9,12,17-18,22,34H,4-6,10-11,13-16,19-21H2,1-3H3. The molecule has 4 aliphatic heterocycles. The van der Waals surface area contributed by atoms with Gasteiger partial charge in [0.2, 0.25) is 11.8 Å². The van der Waals surface area contributed by atoms with Gasteiger partial charge in [-0.1, -0.05) is 25.8 Å². The maximum absolute atomic E-state index is 6.35. The molecule has 1 atom stereocenters. The minimum atomic E-state index is 0.311. The minimum Gasteiger partial charge on any atom is -0.416 e. The molecule has 208 valence electrons. The molecule has 0 radical (unpaired) electrons. The normalized spacial score (nSPS) is 23.7. The van der Waals surface area contributed by atoms with Crippen LogP contribution in [0, 0.1) is 11.3 Å². The minimum absolute atomic E-state index is 0.311. The number of rotatable bonds is 4. The van der Waals surface area contributed by atoms with Crippen molar-refractivity contribution in [2.45, 2.75) is 46.0 Å². The van der Waals surface area contributed by atoms with Crippen LogP contribution in [-0.4, -0.2) is 72.2 Å². The molecule has 0 saturated carbocycles. The van der Waals surface area contributed by atoms with Gasteiger partial charge in [0.15, 0.2) is 0 Å². The van der Waals surface area contributed by atoms with E-state index in [-0.39, 0.29) is 0 Å². The molecule has 9 heteroatoms. The largest absolute Gasteiger partial charge is 0.416 e. The molecular weight excluding hydrogens is 506 g/mol. The number of hydrogen-bond donors (Lipinski definition) is 1. The molecule has 2 saturated heterocycles. The summed E-state index contributed by atoms with van der Waals surface area (Å²) in [5.74, 6) is 3.83. The summed E-state index contributed by atoms with van der Waals surface area (Å²) >= 11 is 1.75. The molecule has 2 aromatic heterocycles. The first-order valence-corrected chi connectivity index (χ1v) is 15.5. The van der Waals surface area contributed by atoms with Gasteiger partial charge < -0.3 is 23.8 Å². The smallest absolute Gasteiger partial charge is 0.250 e. The molecule has 39 heavy (non-hydrogen) atoms. The number of pyridine rings is 1. The summed E-state index contributed by atoms with van der Waals surface area (Å²) in [6.45, 7) is 11.1. The van der Waals surface area contributed by atoms with Gasteiger partial charge in [-0.15, -0.1) is 10.2 Å². The lowest BCUT2D eigenvalue weighted by Crippen LogP contribution is -2.46. The molecule has 0 amide bonds. The Morgan fingerprint density at radius 3 is 2.74 bits per heavy atom. The van der Waals surface area contributed by atoms with E-state index >= 15 is 0 Å². The Hall–Kier alpha value is -2.78. The average molecular weight is 548 g/mol. The van der Waals surface area contributed by atoms with Crippen LogP contribution in [0.25, 0.3) is 22.9 Å². The molecule has 8 bridgehead atoms. The van der Waals surface area contributed by atoms with Crippen LogP contribution in [-0.2, 0) is 0 Å². The third-order valence-electron chi connectivity index (χ3n) is 8.52. The Kier molecular flexibility index (Phi) is 7.71. The van der Waals surface area contributed by atoms with Crippen molar-refractivity contribution in [2.24, 2.45) is 11.3 Å². The highest BCUT2D eigenvalue weighted by Gasteiger charge is 2.33. The summed E-state index contributed by atoms with van der Waals surface area (Å²) < 4.78 is 9.88. The third-order valence-corrected chi connectivity index (χ3v) is 9.51. The van der Waals surface area contributed by atoms with E-state index in [1.807, 2.05) is 12.3 Å². The van der Waals surface area contributed by atoms with Crippen LogP contribution >= 0.6 is 11.9 Å². The van der Waals surface area contributed by atoms with Gasteiger partial charge in [-0.25, -0.2) is 4.98 Å². The fourth-order valence-electron chi connectivity index (χ4n) is 6.47. The highest BCUT2D eigenvalue weighted by Crippen LogP contribution is 2.40. The van der Waals surface area contributed by atoms with E-state index in [0.717, 1.165) is 74.1 Å². The number of anilines is 3. The van der Waals surface area contributed by atoms with E-state index in [1.165, 1.54) is 31.4 Å². The first kappa shape index (κ1) is 26.4. The molecular formula is C30H41N7OS. The first-order chi connectivity index (χ1) is 19.0. The Bertz CT molecular complexity index is 1270. The third kappa shape index (κ3) is 5.89. The number of nitrogens with zero attached hydrogens (tertiary/aromatic N) is 6. The number of aromatic nitrogens is 3. The fourth-order valence-corrected chi connectivity index (χ4v) is 7.07. The van der Waals surface area contributed by atoms with E-state index in [2.05, 4.69) is 74.8 Å². The fraction of sp³-hybridized carbons (Fsp3) is 0.567. The van der Waals surface area contributed by atoms with Gasteiger partial charge >= 0.3 is 0 Å². The van der Waals surface area contributed by atoms with Crippen molar-refractivity contribution in [3.05, 3.63) is 36.5 Å². The molecule has 1 unspecified atom stereocenters. The van der Waals surface area contributed by atoms with Crippen LogP contribution in [0.1, 0.15) is 46.0 Å². The molecule has 1 N–H and O–H groups in total. The number of fused-ring (bicyclic) bond motifs is 4. The van der Waals surface area contributed by atoms with Crippen LogP contribution in [0.3, 0.4) is 0 Å². The van der Waals surface area contributed by atoms with Gasteiger partial charge in [-0.3, -0.25) is 0 Å². The van der Waals surface area contributed by atoms with Gasteiger partial charge in [0.1, 0.15) is 5.82 Å².